The average Bonchev–Trinajstić information content (AvgIpc) is 2.98. The number of likely N-dealkylation sites (tertiary alicyclic amines) is 2. The van der Waals surface area contributed by atoms with Crippen LogP contribution in [0.2, 0.25) is 0 Å². The molecule has 2 atom stereocenters. The van der Waals surface area contributed by atoms with E-state index in [1.807, 2.05) is 23.1 Å². The van der Waals surface area contributed by atoms with Crippen molar-refractivity contribution in [1.82, 2.24) is 9.80 Å². The van der Waals surface area contributed by atoms with Crippen LogP contribution in [0.15, 0.2) is 42.5 Å². The first-order valence-electron chi connectivity index (χ1n) is 10.5. The van der Waals surface area contributed by atoms with Crippen LogP contribution in [0.5, 0.6) is 0 Å². The second-order valence-corrected chi connectivity index (χ2v) is 8.25. The molecule has 2 fully saturated rings. The molecule has 0 radical (unpaired) electrons. The van der Waals surface area contributed by atoms with Crippen LogP contribution >= 0.6 is 0 Å². The Kier molecular flexibility index (Phi) is 5.60. The predicted octanol–water partition coefficient (Wildman–Crippen LogP) is 2.81. The maximum Gasteiger partial charge on any atom is 0.233 e. The highest BCUT2D eigenvalue weighted by molar-refractivity contribution is 6.05. The van der Waals surface area contributed by atoms with Crippen LogP contribution < -0.4 is 0 Å². The van der Waals surface area contributed by atoms with Crippen LogP contribution in [-0.2, 0) is 20.8 Å². The van der Waals surface area contributed by atoms with Gasteiger partial charge in [-0.1, -0.05) is 42.5 Å². The van der Waals surface area contributed by atoms with Crippen molar-refractivity contribution in [3.8, 4) is 0 Å². The van der Waals surface area contributed by atoms with E-state index in [4.69, 9.17) is 0 Å². The lowest BCUT2D eigenvalue weighted by atomic mass is 9.85. The van der Waals surface area contributed by atoms with Crippen molar-refractivity contribution in [1.29, 1.82) is 0 Å². The van der Waals surface area contributed by atoms with Crippen molar-refractivity contribution < 1.29 is 14.4 Å². The fraction of sp³-hybridized carbons (Fsp3) is 0.522. The van der Waals surface area contributed by atoms with Gasteiger partial charge in [-0.3, -0.25) is 19.3 Å². The number of carbonyl (C=O) groups excluding carboxylic acids is 3. The molecule has 3 aliphatic rings. The molecule has 0 saturated carbocycles. The van der Waals surface area contributed by atoms with Crippen molar-refractivity contribution >= 4 is 17.7 Å². The van der Waals surface area contributed by atoms with E-state index in [1.165, 1.54) is 10.5 Å². The van der Waals surface area contributed by atoms with Gasteiger partial charge >= 0.3 is 0 Å². The number of fused-ring (bicyclic) bond motifs is 1. The monoisotopic (exact) mass is 380 g/mol. The molecular formula is C23H28N2O3. The molecule has 0 spiro atoms. The lowest BCUT2D eigenvalue weighted by molar-refractivity contribution is -0.141. The molecule has 4 rings (SSSR count). The topological polar surface area (TPSA) is 57.7 Å². The first kappa shape index (κ1) is 18.9. The Labute approximate surface area is 166 Å². The van der Waals surface area contributed by atoms with Gasteiger partial charge in [-0.15, -0.1) is 0 Å². The van der Waals surface area contributed by atoms with E-state index in [2.05, 4.69) is 24.3 Å². The Morgan fingerprint density at radius 3 is 2.14 bits per heavy atom. The number of carbonyl (C=O) groups is 3. The zero-order valence-electron chi connectivity index (χ0n) is 16.3. The number of hydrogen-bond acceptors (Lipinski definition) is 3. The summed E-state index contributed by atoms with van der Waals surface area (Å²) in [5.74, 6) is 0.0840. The largest absolute Gasteiger partial charge is 0.343 e. The summed E-state index contributed by atoms with van der Waals surface area (Å²) in [7, 11) is 0. The normalized spacial score (nSPS) is 25.3. The van der Waals surface area contributed by atoms with Crippen molar-refractivity contribution in [2.45, 2.75) is 38.5 Å². The zero-order chi connectivity index (χ0) is 19.5. The van der Waals surface area contributed by atoms with Gasteiger partial charge in [0.25, 0.3) is 0 Å². The summed E-state index contributed by atoms with van der Waals surface area (Å²) in [5.41, 5.74) is 1.36. The van der Waals surface area contributed by atoms with Crippen molar-refractivity contribution in [2.24, 2.45) is 17.8 Å². The Hall–Kier alpha value is -2.43. The third kappa shape index (κ3) is 3.89. The van der Waals surface area contributed by atoms with E-state index in [-0.39, 0.29) is 42.5 Å². The number of amides is 3. The van der Waals surface area contributed by atoms with Gasteiger partial charge in [0.05, 0.1) is 11.8 Å². The number of hydrogen-bond donors (Lipinski definition) is 0. The number of nitrogens with zero attached hydrogens (tertiary/aromatic N) is 2. The number of piperidine rings is 1. The van der Waals surface area contributed by atoms with E-state index < -0.39 is 0 Å². The minimum absolute atomic E-state index is 0.0618. The number of imide groups is 1. The van der Waals surface area contributed by atoms with Gasteiger partial charge in [0.15, 0.2) is 0 Å². The molecule has 0 bridgehead atoms. The highest BCUT2D eigenvalue weighted by Crippen LogP contribution is 2.35. The quantitative estimate of drug-likeness (QED) is 0.583. The van der Waals surface area contributed by atoms with Gasteiger partial charge in [-0.05, 0) is 43.6 Å². The standard InChI is InChI=1S/C23H28N2O3/c26-21(12-15-25-22(27)19-8-4-5-9-20(19)23(25)28)24-13-10-18(11-14-24)16-17-6-2-1-3-7-17/h1-7,18-20H,8-16H2/t19-,20+. The van der Waals surface area contributed by atoms with Gasteiger partial charge in [-0.25, -0.2) is 0 Å². The summed E-state index contributed by atoms with van der Waals surface area (Å²) in [6.07, 6.45) is 8.60. The Bertz CT molecular complexity index is 739. The Morgan fingerprint density at radius 2 is 1.54 bits per heavy atom. The lowest BCUT2D eigenvalue weighted by Gasteiger charge is -2.32. The van der Waals surface area contributed by atoms with Crippen molar-refractivity contribution in [2.75, 3.05) is 19.6 Å². The number of rotatable bonds is 5. The van der Waals surface area contributed by atoms with E-state index in [1.54, 1.807) is 0 Å². The van der Waals surface area contributed by atoms with Crippen molar-refractivity contribution in [3.63, 3.8) is 0 Å². The molecule has 1 aromatic rings. The van der Waals surface area contributed by atoms with E-state index in [9.17, 15) is 14.4 Å². The summed E-state index contributed by atoms with van der Waals surface area (Å²) >= 11 is 0. The van der Waals surface area contributed by atoms with Gasteiger partial charge in [0, 0.05) is 26.1 Å². The van der Waals surface area contributed by atoms with Crippen LogP contribution in [0.1, 0.15) is 37.7 Å². The number of allylic oxidation sites excluding steroid dienone is 2. The molecule has 0 N–H and O–H groups in total. The summed E-state index contributed by atoms with van der Waals surface area (Å²) in [4.78, 5) is 40.9. The van der Waals surface area contributed by atoms with E-state index in [0.29, 0.717) is 18.8 Å². The highest BCUT2D eigenvalue weighted by Gasteiger charge is 2.47. The fourth-order valence-corrected chi connectivity index (χ4v) is 4.79. The molecule has 5 heteroatoms. The number of benzene rings is 1. The zero-order valence-corrected chi connectivity index (χ0v) is 16.3. The lowest BCUT2D eigenvalue weighted by Crippen LogP contribution is -2.41. The van der Waals surface area contributed by atoms with Crippen LogP contribution in [0, 0.1) is 17.8 Å². The smallest absolute Gasteiger partial charge is 0.233 e. The van der Waals surface area contributed by atoms with Gasteiger partial charge < -0.3 is 4.90 Å². The van der Waals surface area contributed by atoms with Crippen LogP contribution in [0.25, 0.3) is 0 Å². The third-order valence-electron chi connectivity index (χ3n) is 6.48. The minimum Gasteiger partial charge on any atom is -0.343 e. The third-order valence-corrected chi connectivity index (χ3v) is 6.48. The molecule has 3 amide bonds. The second-order valence-electron chi connectivity index (χ2n) is 8.25. The van der Waals surface area contributed by atoms with Crippen LogP contribution in [-0.4, -0.2) is 47.2 Å². The second kappa shape index (κ2) is 8.29. The van der Waals surface area contributed by atoms with Gasteiger partial charge in [-0.2, -0.15) is 0 Å². The van der Waals surface area contributed by atoms with Gasteiger partial charge in [0.1, 0.15) is 0 Å². The molecule has 28 heavy (non-hydrogen) atoms. The maximum absolute atomic E-state index is 12.6. The molecule has 2 aliphatic heterocycles. The van der Waals surface area contributed by atoms with Crippen LogP contribution in [0.4, 0.5) is 0 Å². The summed E-state index contributed by atoms with van der Waals surface area (Å²) in [6, 6.07) is 10.5. The first-order valence-corrected chi connectivity index (χ1v) is 10.5. The average molecular weight is 380 g/mol. The molecular weight excluding hydrogens is 352 g/mol. The highest BCUT2D eigenvalue weighted by atomic mass is 16.2. The molecule has 148 valence electrons. The summed E-state index contributed by atoms with van der Waals surface area (Å²) < 4.78 is 0. The van der Waals surface area contributed by atoms with E-state index >= 15 is 0 Å². The molecule has 0 aromatic heterocycles. The molecule has 2 saturated heterocycles. The minimum atomic E-state index is -0.207. The van der Waals surface area contributed by atoms with Crippen molar-refractivity contribution in [3.05, 3.63) is 48.0 Å². The molecule has 2 heterocycles. The Balaban J connectivity index is 1.24. The van der Waals surface area contributed by atoms with E-state index in [0.717, 1.165) is 32.4 Å². The molecule has 1 aromatic carbocycles. The molecule has 0 unspecified atom stereocenters. The SMILES string of the molecule is O=C(CCN1C(=O)[C@H]2CC=CC[C@H]2C1=O)N1CCC(Cc2ccccc2)CC1. The van der Waals surface area contributed by atoms with Crippen LogP contribution in [0.3, 0.4) is 0 Å². The summed E-state index contributed by atoms with van der Waals surface area (Å²) in [6.45, 7) is 1.77. The Morgan fingerprint density at radius 1 is 0.929 bits per heavy atom. The summed E-state index contributed by atoms with van der Waals surface area (Å²) in [5, 5.41) is 0. The molecule has 5 nitrogen and oxygen atoms in total. The molecule has 1 aliphatic carbocycles. The van der Waals surface area contributed by atoms with Gasteiger partial charge in [0.2, 0.25) is 17.7 Å². The first-order chi connectivity index (χ1) is 13.6. The maximum atomic E-state index is 12.6. The fourth-order valence-electron chi connectivity index (χ4n) is 4.79. The predicted molar refractivity (Wildman–Crippen MR) is 106 cm³/mol.